The number of hydrogen-bond donors (Lipinski definition) is 0. The molecule has 1 unspecified atom stereocenters. The number of benzene rings is 2. The van der Waals surface area contributed by atoms with E-state index in [0.717, 1.165) is 11.1 Å². The fraction of sp³-hybridized carbons (Fsp3) is 0.200. The Morgan fingerprint density at radius 3 is 2.60 bits per heavy atom. The van der Waals surface area contributed by atoms with Gasteiger partial charge in [0.15, 0.2) is 0 Å². The third-order valence-electron chi connectivity index (χ3n) is 4.34. The first-order valence-electron chi connectivity index (χ1n) is 8.13. The summed E-state index contributed by atoms with van der Waals surface area (Å²) in [6.07, 6.45) is 3.67. The number of aromatic nitrogens is 2. The van der Waals surface area contributed by atoms with Crippen LogP contribution in [0.1, 0.15) is 34.5 Å². The molecule has 25 heavy (non-hydrogen) atoms. The maximum absolute atomic E-state index is 12.7. The Morgan fingerprint density at radius 1 is 1.20 bits per heavy atom. The summed E-state index contributed by atoms with van der Waals surface area (Å²) in [6.45, 7) is 2.69. The van der Waals surface area contributed by atoms with E-state index in [9.17, 15) is 4.79 Å². The summed E-state index contributed by atoms with van der Waals surface area (Å²) in [4.78, 5) is 14.5. The van der Waals surface area contributed by atoms with Gasteiger partial charge in [-0.15, -0.1) is 0 Å². The van der Waals surface area contributed by atoms with Gasteiger partial charge in [0.2, 0.25) is 0 Å². The number of nitrogens with zero attached hydrogens (tertiary/aromatic N) is 3. The van der Waals surface area contributed by atoms with Crippen LogP contribution in [0.3, 0.4) is 0 Å². The second-order valence-corrected chi connectivity index (χ2v) is 6.48. The number of rotatable bonds is 5. The molecule has 1 heterocycles. The first kappa shape index (κ1) is 17.2. The molecule has 3 rings (SSSR count). The molecule has 0 aliphatic carbocycles. The molecule has 1 aromatic heterocycles. The van der Waals surface area contributed by atoms with Crippen LogP contribution >= 0.6 is 11.6 Å². The molecule has 5 heteroatoms. The molecule has 1 amide bonds. The lowest BCUT2D eigenvalue weighted by Crippen LogP contribution is -2.29. The van der Waals surface area contributed by atoms with Crippen LogP contribution in [0.25, 0.3) is 0 Å². The zero-order chi connectivity index (χ0) is 17.8. The van der Waals surface area contributed by atoms with Crippen LogP contribution < -0.4 is 0 Å². The molecule has 0 fully saturated rings. The Morgan fingerprint density at radius 2 is 1.96 bits per heavy atom. The van der Waals surface area contributed by atoms with Gasteiger partial charge >= 0.3 is 0 Å². The van der Waals surface area contributed by atoms with Crippen molar-refractivity contribution in [1.82, 2.24) is 14.7 Å². The van der Waals surface area contributed by atoms with E-state index < -0.39 is 0 Å². The Kier molecular flexibility index (Phi) is 5.19. The Balaban J connectivity index is 1.71. The first-order chi connectivity index (χ1) is 12.0. The predicted molar refractivity (Wildman–Crippen MR) is 99.7 cm³/mol. The standard InChI is InChI=1S/C20H20ClN3O/c1-15(18-5-3-6-19(21)13-18)23(2)20(25)17-9-7-16(8-10-17)14-24-12-4-11-22-24/h3-13,15H,14H2,1-2H3. The molecule has 4 nitrogen and oxygen atoms in total. The van der Waals surface area contributed by atoms with Gasteiger partial charge in [0.1, 0.15) is 0 Å². The van der Waals surface area contributed by atoms with Crippen molar-refractivity contribution in [3.8, 4) is 0 Å². The van der Waals surface area contributed by atoms with Crippen molar-refractivity contribution in [2.45, 2.75) is 19.5 Å². The Hall–Kier alpha value is -2.59. The van der Waals surface area contributed by atoms with E-state index in [1.807, 2.05) is 79.4 Å². The highest BCUT2D eigenvalue weighted by Crippen LogP contribution is 2.23. The van der Waals surface area contributed by atoms with Gasteiger partial charge in [0.25, 0.3) is 5.91 Å². The van der Waals surface area contributed by atoms with Gasteiger partial charge in [-0.2, -0.15) is 5.10 Å². The molecule has 0 spiro atoms. The van der Waals surface area contributed by atoms with Gasteiger partial charge in [0.05, 0.1) is 12.6 Å². The molecular weight excluding hydrogens is 334 g/mol. The largest absolute Gasteiger partial charge is 0.335 e. The minimum Gasteiger partial charge on any atom is -0.335 e. The van der Waals surface area contributed by atoms with Crippen molar-refractivity contribution in [2.75, 3.05) is 7.05 Å². The highest BCUT2D eigenvalue weighted by molar-refractivity contribution is 6.30. The molecule has 0 aliphatic heterocycles. The lowest BCUT2D eigenvalue weighted by molar-refractivity contribution is 0.0742. The van der Waals surface area contributed by atoms with Crippen LogP contribution in [0.5, 0.6) is 0 Å². The van der Waals surface area contributed by atoms with Gasteiger partial charge in [-0.3, -0.25) is 9.48 Å². The maximum Gasteiger partial charge on any atom is 0.254 e. The topological polar surface area (TPSA) is 38.1 Å². The third-order valence-corrected chi connectivity index (χ3v) is 4.57. The van der Waals surface area contributed by atoms with E-state index in [2.05, 4.69) is 5.10 Å². The zero-order valence-electron chi connectivity index (χ0n) is 14.3. The van der Waals surface area contributed by atoms with Gasteiger partial charge in [-0.25, -0.2) is 0 Å². The average Bonchev–Trinajstić information content (AvgIpc) is 3.13. The van der Waals surface area contributed by atoms with Crippen LogP contribution in [-0.2, 0) is 6.54 Å². The molecular formula is C20H20ClN3O. The predicted octanol–water partition coefficient (Wildman–Crippen LogP) is 4.42. The highest BCUT2D eigenvalue weighted by Gasteiger charge is 2.19. The molecule has 2 aromatic carbocycles. The third kappa shape index (κ3) is 4.09. The minimum atomic E-state index is -0.0602. The lowest BCUT2D eigenvalue weighted by Gasteiger charge is -2.25. The molecule has 128 valence electrons. The molecule has 0 aliphatic rings. The van der Waals surface area contributed by atoms with E-state index >= 15 is 0 Å². The molecule has 1 atom stereocenters. The average molecular weight is 354 g/mol. The van der Waals surface area contributed by atoms with Crippen LogP contribution in [0, 0.1) is 0 Å². The summed E-state index contributed by atoms with van der Waals surface area (Å²) in [7, 11) is 1.81. The number of amides is 1. The SMILES string of the molecule is CC(c1cccc(Cl)c1)N(C)C(=O)c1ccc(Cn2cccn2)cc1. The summed E-state index contributed by atoms with van der Waals surface area (Å²) < 4.78 is 1.85. The van der Waals surface area contributed by atoms with Gasteiger partial charge in [-0.05, 0) is 48.4 Å². The van der Waals surface area contributed by atoms with Crippen LogP contribution in [0.2, 0.25) is 5.02 Å². The van der Waals surface area contributed by atoms with Crippen molar-refractivity contribution >= 4 is 17.5 Å². The smallest absolute Gasteiger partial charge is 0.254 e. The normalized spacial score (nSPS) is 12.0. The fourth-order valence-electron chi connectivity index (χ4n) is 2.70. The molecule has 0 N–H and O–H groups in total. The molecule has 0 bridgehead atoms. The van der Waals surface area contributed by atoms with E-state index in [4.69, 9.17) is 11.6 Å². The van der Waals surface area contributed by atoms with Gasteiger partial charge < -0.3 is 4.90 Å². The molecule has 0 radical (unpaired) electrons. The van der Waals surface area contributed by atoms with Crippen LogP contribution in [0.15, 0.2) is 67.0 Å². The van der Waals surface area contributed by atoms with E-state index in [0.29, 0.717) is 17.1 Å². The highest BCUT2D eigenvalue weighted by atomic mass is 35.5. The second-order valence-electron chi connectivity index (χ2n) is 6.05. The number of hydrogen-bond acceptors (Lipinski definition) is 2. The van der Waals surface area contributed by atoms with E-state index in [-0.39, 0.29) is 11.9 Å². The monoisotopic (exact) mass is 353 g/mol. The van der Waals surface area contributed by atoms with Crippen LogP contribution in [-0.4, -0.2) is 27.6 Å². The van der Waals surface area contributed by atoms with Crippen molar-refractivity contribution in [3.05, 3.63) is 88.7 Å². The summed E-state index contributed by atoms with van der Waals surface area (Å²) in [5, 5.41) is 4.87. The van der Waals surface area contributed by atoms with Crippen molar-refractivity contribution in [2.24, 2.45) is 0 Å². The summed E-state index contributed by atoms with van der Waals surface area (Å²) >= 11 is 6.06. The number of carbonyl (C=O) groups excluding carboxylic acids is 1. The zero-order valence-corrected chi connectivity index (χ0v) is 15.0. The van der Waals surface area contributed by atoms with Crippen LogP contribution in [0.4, 0.5) is 0 Å². The lowest BCUT2D eigenvalue weighted by atomic mass is 10.1. The summed E-state index contributed by atoms with van der Waals surface area (Å²) in [5.74, 6) is -0.0156. The molecule has 3 aromatic rings. The van der Waals surface area contributed by atoms with Gasteiger partial charge in [-0.1, -0.05) is 35.9 Å². The van der Waals surface area contributed by atoms with E-state index in [1.54, 1.807) is 11.1 Å². The summed E-state index contributed by atoms with van der Waals surface area (Å²) in [5.41, 5.74) is 2.78. The van der Waals surface area contributed by atoms with Crippen molar-refractivity contribution in [1.29, 1.82) is 0 Å². The van der Waals surface area contributed by atoms with Crippen molar-refractivity contribution in [3.63, 3.8) is 0 Å². The molecule has 0 saturated heterocycles. The maximum atomic E-state index is 12.7. The number of halogens is 1. The minimum absolute atomic E-state index is 0.0156. The second kappa shape index (κ2) is 7.53. The Labute approximate surface area is 152 Å². The summed E-state index contributed by atoms with van der Waals surface area (Å²) in [6, 6.07) is 17.1. The van der Waals surface area contributed by atoms with E-state index in [1.165, 1.54) is 0 Å². The molecule has 0 saturated carbocycles. The number of carbonyl (C=O) groups is 1. The fourth-order valence-corrected chi connectivity index (χ4v) is 2.90. The Bertz CT molecular complexity index is 844. The quantitative estimate of drug-likeness (QED) is 0.681. The first-order valence-corrected chi connectivity index (χ1v) is 8.51. The van der Waals surface area contributed by atoms with Gasteiger partial charge in [0, 0.05) is 30.0 Å². The van der Waals surface area contributed by atoms with Crippen molar-refractivity contribution < 1.29 is 4.79 Å².